The summed E-state index contributed by atoms with van der Waals surface area (Å²) in [5, 5.41) is 3.42. The maximum Gasteiger partial charge on any atom is 0.0594 e. The standard InChI is InChI=1S/C13H30N2O/c1-5-8-13(4)16-12-10-14-9-11-15(6-2)7-3/h13-14H,5-12H2,1-4H3. The Morgan fingerprint density at radius 3 is 2.38 bits per heavy atom. The average Bonchev–Trinajstić information content (AvgIpc) is 2.29. The Kier molecular flexibility index (Phi) is 11.3. The molecule has 0 aliphatic carbocycles. The topological polar surface area (TPSA) is 24.5 Å². The van der Waals surface area contributed by atoms with Gasteiger partial charge >= 0.3 is 0 Å². The van der Waals surface area contributed by atoms with E-state index >= 15 is 0 Å². The van der Waals surface area contributed by atoms with Crippen molar-refractivity contribution >= 4 is 0 Å². The second kappa shape index (κ2) is 11.4. The van der Waals surface area contributed by atoms with Gasteiger partial charge in [-0.2, -0.15) is 0 Å². The van der Waals surface area contributed by atoms with Gasteiger partial charge in [-0.25, -0.2) is 0 Å². The lowest BCUT2D eigenvalue weighted by molar-refractivity contribution is 0.0616. The number of hydrogen-bond acceptors (Lipinski definition) is 3. The Hall–Kier alpha value is -0.120. The minimum absolute atomic E-state index is 0.412. The molecular weight excluding hydrogens is 200 g/mol. The third-order valence-electron chi connectivity index (χ3n) is 2.88. The first-order chi connectivity index (χ1) is 7.74. The van der Waals surface area contributed by atoms with E-state index in [1.54, 1.807) is 0 Å². The molecule has 0 saturated heterocycles. The maximum atomic E-state index is 5.67. The summed E-state index contributed by atoms with van der Waals surface area (Å²) < 4.78 is 5.67. The van der Waals surface area contributed by atoms with Crippen molar-refractivity contribution in [1.82, 2.24) is 10.2 Å². The summed E-state index contributed by atoms with van der Waals surface area (Å²) in [4.78, 5) is 2.42. The van der Waals surface area contributed by atoms with Crippen molar-refractivity contribution in [3.05, 3.63) is 0 Å². The molecular formula is C13H30N2O. The predicted molar refractivity (Wildman–Crippen MR) is 71.0 cm³/mol. The molecule has 0 aliphatic rings. The van der Waals surface area contributed by atoms with Crippen molar-refractivity contribution in [2.75, 3.05) is 39.3 Å². The van der Waals surface area contributed by atoms with Gasteiger partial charge in [0.15, 0.2) is 0 Å². The number of nitrogens with one attached hydrogen (secondary N) is 1. The van der Waals surface area contributed by atoms with Gasteiger partial charge in [0.05, 0.1) is 12.7 Å². The summed E-state index contributed by atoms with van der Waals surface area (Å²) in [7, 11) is 0. The summed E-state index contributed by atoms with van der Waals surface area (Å²) in [6.45, 7) is 15.0. The minimum Gasteiger partial charge on any atom is -0.377 e. The molecule has 3 heteroatoms. The highest BCUT2D eigenvalue weighted by molar-refractivity contribution is 4.56. The quantitative estimate of drug-likeness (QED) is 0.550. The van der Waals surface area contributed by atoms with Crippen LogP contribution in [0.3, 0.4) is 0 Å². The first-order valence-electron chi connectivity index (χ1n) is 6.79. The molecule has 0 spiro atoms. The highest BCUT2D eigenvalue weighted by Crippen LogP contribution is 1.99. The van der Waals surface area contributed by atoms with Gasteiger partial charge < -0.3 is 15.0 Å². The molecule has 0 bridgehead atoms. The Bertz CT molecular complexity index is 138. The van der Waals surface area contributed by atoms with Gasteiger partial charge in [-0.3, -0.25) is 0 Å². The average molecular weight is 230 g/mol. The molecule has 0 aliphatic heterocycles. The number of ether oxygens (including phenoxy) is 1. The van der Waals surface area contributed by atoms with Crippen LogP contribution in [0.25, 0.3) is 0 Å². The van der Waals surface area contributed by atoms with Gasteiger partial charge in [0, 0.05) is 19.6 Å². The number of rotatable bonds is 11. The second-order valence-corrected chi connectivity index (χ2v) is 4.25. The third kappa shape index (κ3) is 9.13. The van der Waals surface area contributed by atoms with Gasteiger partial charge in [-0.1, -0.05) is 27.2 Å². The molecule has 98 valence electrons. The predicted octanol–water partition coefficient (Wildman–Crippen LogP) is 2.12. The van der Waals surface area contributed by atoms with Crippen LogP contribution in [0, 0.1) is 0 Å². The molecule has 0 aromatic rings. The molecule has 0 fully saturated rings. The molecule has 1 N–H and O–H groups in total. The Labute approximate surface area is 102 Å². The highest BCUT2D eigenvalue weighted by atomic mass is 16.5. The molecule has 0 saturated carbocycles. The summed E-state index contributed by atoms with van der Waals surface area (Å²) in [6.07, 6.45) is 2.78. The van der Waals surface area contributed by atoms with E-state index in [9.17, 15) is 0 Å². The fraction of sp³-hybridized carbons (Fsp3) is 1.00. The van der Waals surface area contributed by atoms with Crippen LogP contribution in [0.15, 0.2) is 0 Å². The van der Waals surface area contributed by atoms with Crippen LogP contribution in [-0.4, -0.2) is 50.3 Å². The van der Waals surface area contributed by atoms with Crippen LogP contribution in [0.4, 0.5) is 0 Å². The van der Waals surface area contributed by atoms with E-state index in [0.717, 1.165) is 39.3 Å². The van der Waals surface area contributed by atoms with E-state index in [4.69, 9.17) is 4.74 Å². The monoisotopic (exact) mass is 230 g/mol. The highest BCUT2D eigenvalue weighted by Gasteiger charge is 2.00. The van der Waals surface area contributed by atoms with E-state index in [1.165, 1.54) is 12.8 Å². The Morgan fingerprint density at radius 2 is 1.81 bits per heavy atom. The van der Waals surface area contributed by atoms with Gasteiger partial charge in [0.2, 0.25) is 0 Å². The normalized spacial score (nSPS) is 13.3. The number of likely N-dealkylation sites (N-methyl/N-ethyl adjacent to an activating group) is 1. The van der Waals surface area contributed by atoms with Gasteiger partial charge in [0.25, 0.3) is 0 Å². The fourth-order valence-electron chi connectivity index (χ4n) is 1.72. The molecule has 1 unspecified atom stereocenters. The van der Waals surface area contributed by atoms with E-state index in [-0.39, 0.29) is 0 Å². The maximum absolute atomic E-state index is 5.67. The van der Waals surface area contributed by atoms with Crippen molar-refractivity contribution in [2.24, 2.45) is 0 Å². The SMILES string of the molecule is CCCC(C)OCCNCCN(CC)CC. The van der Waals surface area contributed by atoms with Crippen LogP contribution < -0.4 is 5.32 Å². The lowest BCUT2D eigenvalue weighted by atomic mass is 10.2. The second-order valence-electron chi connectivity index (χ2n) is 4.25. The largest absolute Gasteiger partial charge is 0.377 e. The zero-order valence-corrected chi connectivity index (χ0v) is 11.6. The molecule has 0 aromatic heterocycles. The number of nitrogens with zero attached hydrogens (tertiary/aromatic N) is 1. The van der Waals surface area contributed by atoms with Crippen LogP contribution in [0.1, 0.15) is 40.5 Å². The van der Waals surface area contributed by atoms with E-state index in [0.29, 0.717) is 6.10 Å². The first kappa shape index (κ1) is 15.9. The van der Waals surface area contributed by atoms with Crippen molar-refractivity contribution in [1.29, 1.82) is 0 Å². The summed E-state index contributed by atoms with van der Waals surface area (Å²) in [5.74, 6) is 0. The van der Waals surface area contributed by atoms with Crippen molar-refractivity contribution < 1.29 is 4.74 Å². The summed E-state index contributed by atoms with van der Waals surface area (Å²) in [5.41, 5.74) is 0. The van der Waals surface area contributed by atoms with Crippen LogP contribution in [-0.2, 0) is 4.74 Å². The van der Waals surface area contributed by atoms with Crippen LogP contribution in [0.5, 0.6) is 0 Å². The van der Waals surface area contributed by atoms with Gasteiger partial charge in [0.1, 0.15) is 0 Å². The Balaban J connectivity index is 3.20. The van der Waals surface area contributed by atoms with E-state index in [2.05, 4.69) is 37.9 Å². The fourth-order valence-corrected chi connectivity index (χ4v) is 1.72. The summed E-state index contributed by atoms with van der Waals surface area (Å²) in [6, 6.07) is 0. The van der Waals surface area contributed by atoms with Crippen molar-refractivity contribution in [3.8, 4) is 0 Å². The molecule has 0 rings (SSSR count). The lowest BCUT2D eigenvalue weighted by Gasteiger charge is -2.18. The summed E-state index contributed by atoms with van der Waals surface area (Å²) >= 11 is 0. The molecule has 0 amide bonds. The molecule has 0 aromatic carbocycles. The molecule has 16 heavy (non-hydrogen) atoms. The smallest absolute Gasteiger partial charge is 0.0594 e. The minimum atomic E-state index is 0.412. The zero-order valence-electron chi connectivity index (χ0n) is 11.6. The van der Waals surface area contributed by atoms with Crippen molar-refractivity contribution in [3.63, 3.8) is 0 Å². The van der Waals surface area contributed by atoms with Gasteiger partial charge in [-0.15, -0.1) is 0 Å². The van der Waals surface area contributed by atoms with Crippen LogP contribution >= 0.6 is 0 Å². The molecule has 3 nitrogen and oxygen atoms in total. The number of hydrogen-bond donors (Lipinski definition) is 1. The van der Waals surface area contributed by atoms with E-state index < -0.39 is 0 Å². The molecule has 1 atom stereocenters. The third-order valence-corrected chi connectivity index (χ3v) is 2.88. The van der Waals surface area contributed by atoms with Gasteiger partial charge in [-0.05, 0) is 26.4 Å². The Morgan fingerprint density at radius 1 is 1.12 bits per heavy atom. The first-order valence-corrected chi connectivity index (χ1v) is 6.79. The molecule has 0 heterocycles. The molecule has 0 radical (unpaired) electrons. The van der Waals surface area contributed by atoms with Crippen LogP contribution in [0.2, 0.25) is 0 Å². The van der Waals surface area contributed by atoms with E-state index in [1.807, 2.05) is 0 Å². The lowest BCUT2D eigenvalue weighted by Crippen LogP contribution is -2.33. The zero-order chi connectivity index (χ0) is 12.2. The van der Waals surface area contributed by atoms with Crippen molar-refractivity contribution in [2.45, 2.75) is 46.6 Å².